The Kier molecular flexibility index (Phi) is 4.01. The fraction of sp³-hybridized carbons (Fsp3) is 0.538. The molecule has 1 aromatic rings. The molecule has 2 N–H and O–H groups in total. The zero-order chi connectivity index (χ0) is 11.4. The molecule has 0 aliphatic rings. The van der Waals surface area contributed by atoms with E-state index in [1.54, 1.807) is 0 Å². The Bertz CT molecular complexity index is 330. The maximum absolute atomic E-state index is 9.55. The quantitative estimate of drug-likeness (QED) is 0.739. The van der Waals surface area contributed by atoms with Crippen LogP contribution in [0.1, 0.15) is 37.8 Å². The molecule has 0 saturated heterocycles. The van der Waals surface area contributed by atoms with E-state index in [2.05, 4.69) is 19.2 Å². The summed E-state index contributed by atoms with van der Waals surface area (Å²) in [6.45, 7) is 8.31. The third-order valence-corrected chi connectivity index (χ3v) is 2.89. The Balaban J connectivity index is 2.89. The van der Waals surface area contributed by atoms with Crippen LogP contribution >= 0.6 is 0 Å². The minimum absolute atomic E-state index is 0.377. The number of aromatic hydroxyl groups is 1. The molecular formula is C13H21NO. The molecule has 0 radical (unpaired) electrons. The van der Waals surface area contributed by atoms with Crippen molar-refractivity contribution in [2.24, 2.45) is 0 Å². The molecule has 0 fully saturated rings. The molecule has 0 aliphatic carbocycles. The van der Waals surface area contributed by atoms with E-state index in [1.807, 2.05) is 26.0 Å². The molecule has 0 saturated carbocycles. The fourth-order valence-electron chi connectivity index (χ4n) is 1.67. The highest BCUT2D eigenvalue weighted by atomic mass is 16.3. The summed E-state index contributed by atoms with van der Waals surface area (Å²) in [5.41, 5.74) is 3.16. The standard InChI is InChI=1S/C13H21NO/c1-5-11(6-2)14-12-7-10(4)13(15)8-9(12)3/h7-8,11,14-15H,5-6H2,1-4H3. The highest BCUT2D eigenvalue weighted by Crippen LogP contribution is 2.26. The first-order chi connectivity index (χ1) is 7.08. The van der Waals surface area contributed by atoms with Crippen molar-refractivity contribution in [3.63, 3.8) is 0 Å². The molecule has 0 bridgehead atoms. The Morgan fingerprint density at radius 2 is 1.73 bits per heavy atom. The average molecular weight is 207 g/mol. The largest absolute Gasteiger partial charge is 0.508 e. The van der Waals surface area contributed by atoms with Gasteiger partial charge in [0.1, 0.15) is 5.75 Å². The first kappa shape index (κ1) is 11.9. The van der Waals surface area contributed by atoms with Crippen LogP contribution in [0, 0.1) is 13.8 Å². The molecule has 0 spiro atoms. The Hall–Kier alpha value is -1.18. The maximum atomic E-state index is 9.55. The zero-order valence-electron chi connectivity index (χ0n) is 10.1. The third kappa shape index (κ3) is 2.88. The number of rotatable bonds is 4. The number of nitrogens with one attached hydrogen (secondary N) is 1. The molecule has 0 unspecified atom stereocenters. The number of aryl methyl sites for hydroxylation is 2. The molecule has 0 atom stereocenters. The average Bonchev–Trinajstić information content (AvgIpc) is 2.21. The smallest absolute Gasteiger partial charge is 0.118 e. The summed E-state index contributed by atoms with van der Waals surface area (Å²) >= 11 is 0. The maximum Gasteiger partial charge on any atom is 0.118 e. The molecule has 0 amide bonds. The topological polar surface area (TPSA) is 32.3 Å². The predicted octanol–water partition coefficient (Wildman–Crippen LogP) is 3.61. The van der Waals surface area contributed by atoms with Crippen LogP contribution in [0.2, 0.25) is 0 Å². The summed E-state index contributed by atoms with van der Waals surface area (Å²) in [7, 11) is 0. The van der Waals surface area contributed by atoms with Crippen LogP contribution < -0.4 is 5.32 Å². The first-order valence-electron chi connectivity index (χ1n) is 5.65. The van der Waals surface area contributed by atoms with Gasteiger partial charge in [-0.1, -0.05) is 13.8 Å². The third-order valence-electron chi connectivity index (χ3n) is 2.89. The van der Waals surface area contributed by atoms with Crippen molar-refractivity contribution < 1.29 is 5.11 Å². The van der Waals surface area contributed by atoms with Crippen LogP contribution in [0.3, 0.4) is 0 Å². The van der Waals surface area contributed by atoms with Crippen LogP contribution in [-0.2, 0) is 0 Å². The normalized spacial score (nSPS) is 10.7. The van der Waals surface area contributed by atoms with E-state index in [9.17, 15) is 5.11 Å². The van der Waals surface area contributed by atoms with Crippen LogP contribution in [-0.4, -0.2) is 11.1 Å². The molecular weight excluding hydrogens is 186 g/mol. The van der Waals surface area contributed by atoms with Gasteiger partial charge in [-0.2, -0.15) is 0 Å². The van der Waals surface area contributed by atoms with E-state index in [0.717, 1.165) is 29.7 Å². The van der Waals surface area contributed by atoms with Crippen molar-refractivity contribution >= 4 is 5.69 Å². The number of hydrogen-bond donors (Lipinski definition) is 2. The summed E-state index contributed by atoms with van der Waals surface area (Å²) in [6.07, 6.45) is 2.24. The first-order valence-corrected chi connectivity index (χ1v) is 5.65. The minimum Gasteiger partial charge on any atom is -0.508 e. The molecule has 0 heterocycles. The van der Waals surface area contributed by atoms with Crippen molar-refractivity contribution in [3.05, 3.63) is 23.3 Å². The van der Waals surface area contributed by atoms with Gasteiger partial charge in [0, 0.05) is 11.7 Å². The van der Waals surface area contributed by atoms with Gasteiger partial charge in [-0.3, -0.25) is 0 Å². The summed E-state index contributed by atoms with van der Waals surface area (Å²) in [5.74, 6) is 0.377. The SMILES string of the molecule is CCC(CC)Nc1cc(C)c(O)cc1C. The zero-order valence-corrected chi connectivity index (χ0v) is 10.1. The molecule has 1 aromatic carbocycles. The van der Waals surface area contributed by atoms with Gasteiger partial charge in [0.15, 0.2) is 0 Å². The second-order valence-electron chi connectivity index (χ2n) is 4.11. The summed E-state index contributed by atoms with van der Waals surface area (Å²) in [4.78, 5) is 0. The Morgan fingerprint density at radius 3 is 2.27 bits per heavy atom. The molecule has 0 aliphatic heterocycles. The second-order valence-corrected chi connectivity index (χ2v) is 4.11. The Morgan fingerprint density at radius 1 is 1.13 bits per heavy atom. The summed E-state index contributed by atoms with van der Waals surface area (Å²) in [5, 5.41) is 13.0. The number of phenolic OH excluding ortho intramolecular Hbond substituents is 1. The van der Waals surface area contributed by atoms with E-state index < -0.39 is 0 Å². The predicted molar refractivity (Wildman–Crippen MR) is 65.6 cm³/mol. The van der Waals surface area contributed by atoms with E-state index in [0.29, 0.717) is 11.8 Å². The van der Waals surface area contributed by atoms with Crippen molar-refractivity contribution in [3.8, 4) is 5.75 Å². The van der Waals surface area contributed by atoms with Crippen LogP contribution in [0.5, 0.6) is 5.75 Å². The van der Waals surface area contributed by atoms with Gasteiger partial charge < -0.3 is 10.4 Å². The molecule has 84 valence electrons. The molecule has 2 nitrogen and oxygen atoms in total. The monoisotopic (exact) mass is 207 g/mol. The number of hydrogen-bond acceptors (Lipinski definition) is 2. The highest BCUT2D eigenvalue weighted by molar-refractivity contribution is 5.57. The molecule has 2 heteroatoms. The summed E-state index contributed by atoms with van der Waals surface area (Å²) < 4.78 is 0. The van der Waals surface area contributed by atoms with E-state index >= 15 is 0 Å². The lowest BCUT2D eigenvalue weighted by atomic mass is 10.1. The minimum atomic E-state index is 0.377. The molecule has 15 heavy (non-hydrogen) atoms. The van der Waals surface area contributed by atoms with E-state index in [-0.39, 0.29) is 0 Å². The lowest BCUT2D eigenvalue weighted by Gasteiger charge is -2.18. The Labute approximate surface area is 92.3 Å². The fourth-order valence-corrected chi connectivity index (χ4v) is 1.67. The van der Waals surface area contributed by atoms with E-state index in [4.69, 9.17) is 0 Å². The van der Waals surface area contributed by atoms with Gasteiger partial charge in [-0.25, -0.2) is 0 Å². The summed E-state index contributed by atoms with van der Waals surface area (Å²) in [6, 6.07) is 4.36. The van der Waals surface area contributed by atoms with Gasteiger partial charge >= 0.3 is 0 Å². The van der Waals surface area contributed by atoms with Crippen molar-refractivity contribution in [2.45, 2.75) is 46.6 Å². The van der Waals surface area contributed by atoms with Crippen LogP contribution in [0.4, 0.5) is 5.69 Å². The van der Waals surface area contributed by atoms with Gasteiger partial charge in [0.2, 0.25) is 0 Å². The van der Waals surface area contributed by atoms with Gasteiger partial charge in [-0.05, 0) is 49.9 Å². The van der Waals surface area contributed by atoms with E-state index in [1.165, 1.54) is 0 Å². The van der Waals surface area contributed by atoms with Gasteiger partial charge in [0.25, 0.3) is 0 Å². The van der Waals surface area contributed by atoms with Crippen LogP contribution in [0.15, 0.2) is 12.1 Å². The second kappa shape index (κ2) is 5.06. The van der Waals surface area contributed by atoms with Crippen molar-refractivity contribution in [1.29, 1.82) is 0 Å². The lowest BCUT2D eigenvalue weighted by Crippen LogP contribution is -2.17. The molecule has 0 aromatic heterocycles. The van der Waals surface area contributed by atoms with Gasteiger partial charge in [-0.15, -0.1) is 0 Å². The van der Waals surface area contributed by atoms with Crippen molar-refractivity contribution in [1.82, 2.24) is 0 Å². The molecule has 1 rings (SSSR count). The highest BCUT2D eigenvalue weighted by Gasteiger charge is 2.07. The number of anilines is 1. The lowest BCUT2D eigenvalue weighted by molar-refractivity contribution is 0.470. The van der Waals surface area contributed by atoms with Gasteiger partial charge in [0.05, 0.1) is 0 Å². The van der Waals surface area contributed by atoms with Crippen molar-refractivity contribution in [2.75, 3.05) is 5.32 Å². The number of benzene rings is 1. The van der Waals surface area contributed by atoms with Crippen LogP contribution in [0.25, 0.3) is 0 Å². The number of phenols is 1.